The van der Waals surface area contributed by atoms with Crippen molar-refractivity contribution < 1.29 is 4.39 Å². The standard InChI is InChI=1S/C10H11FN4O/c11-7-3-1-2-4-8(7)15-9(5-6-12)13-14-10(15)16/h1-4H,5-6,12H2,(H,14,16). The van der Waals surface area contributed by atoms with Crippen LogP contribution in [-0.4, -0.2) is 21.3 Å². The Labute approximate surface area is 90.7 Å². The highest BCUT2D eigenvalue weighted by Gasteiger charge is 2.12. The summed E-state index contributed by atoms with van der Waals surface area (Å²) in [6.45, 7) is 0.346. The summed E-state index contributed by atoms with van der Waals surface area (Å²) < 4.78 is 14.7. The SMILES string of the molecule is NCCc1n[nH]c(=O)n1-c1ccccc1F. The van der Waals surface area contributed by atoms with Gasteiger partial charge >= 0.3 is 5.69 Å². The number of aromatic amines is 1. The molecular weight excluding hydrogens is 211 g/mol. The van der Waals surface area contributed by atoms with Gasteiger partial charge in [-0.15, -0.1) is 0 Å². The largest absolute Gasteiger partial charge is 0.348 e. The van der Waals surface area contributed by atoms with Gasteiger partial charge in [0, 0.05) is 6.42 Å². The van der Waals surface area contributed by atoms with Crippen LogP contribution in [-0.2, 0) is 6.42 Å². The van der Waals surface area contributed by atoms with Gasteiger partial charge in [0.25, 0.3) is 0 Å². The molecule has 0 saturated heterocycles. The van der Waals surface area contributed by atoms with E-state index in [1.165, 1.54) is 16.7 Å². The number of halogens is 1. The number of rotatable bonds is 3. The third kappa shape index (κ3) is 1.74. The van der Waals surface area contributed by atoms with Crippen LogP contribution in [0.1, 0.15) is 5.82 Å². The number of hydrogen-bond donors (Lipinski definition) is 2. The molecule has 1 heterocycles. The summed E-state index contributed by atoms with van der Waals surface area (Å²) in [6, 6.07) is 6.03. The molecule has 0 saturated carbocycles. The zero-order valence-corrected chi connectivity index (χ0v) is 8.48. The number of H-pyrrole nitrogens is 1. The number of nitrogens with zero attached hydrogens (tertiary/aromatic N) is 2. The molecule has 0 bridgehead atoms. The molecule has 0 aliphatic rings. The minimum Gasteiger partial charge on any atom is -0.330 e. The van der Waals surface area contributed by atoms with Crippen LogP contribution < -0.4 is 11.4 Å². The lowest BCUT2D eigenvalue weighted by molar-refractivity contribution is 0.613. The van der Waals surface area contributed by atoms with E-state index in [1.807, 2.05) is 0 Å². The zero-order chi connectivity index (χ0) is 11.5. The first kappa shape index (κ1) is 10.6. The van der Waals surface area contributed by atoms with Gasteiger partial charge in [-0.05, 0) is 18.7 Å². The van der Waals surface area contributed by atoms with Crippen molar-refractivity contribution in [3.63, 3.8) is 0 Å². The topological polar surface area (TPSA) is 76.7 Å². The normalized spacial score (nSPS) is 10.6. The Morgan fingerprint density at radius 3 is 2.88 bits per heavy atom. The Hall–Kier alpha value is -1.95. The molecule has 0 spiro atoms. The van der Waals surface area contributed by atoms with Gasteiger partial charge in [0.15, 0.2) is 0 Å². The number of benzene rings is 1. The molecule has 2 aromatic rings. The molecular formula is C10H11FN4O. The summed E-state index contributed by atoms with van der Waals surface area (Å²) in [5, 5.41) is 6.08. The molecule has 0 fully saturated rings. The van der Waals surface area contributed by atoms with Gasteiger partial charge in [-0.1, -0.05) is 12.1 Å². The Morgan fingerprint density at radius 1 is 1.44 bits per heavy atom. The Kier molecular flexibility index (Phi) is 2.82. The summed E-state index contributed by atoms with van der Waals surface area (Å²) in [5.41, 5.74) is 5.11. The second-order valence-electron chi connectivity index (χ2n) is 3.27. The highest BCUT2D eigenvalue weighted by atomic mass is 19.1. The fourth-order valence-electron chi connectivity index (χ4n) is 1.51. The minimum atomic E-state index is -0.468. The number of para-hydroxylation sites is 1. The number of aromatic nitrogens is 3. The van der Waals surface area contributed by atoms with E-state index in [1.54, 1.807) is 12.1 Å². The second kappa shape index (κ2) is 4.28. The van der Waals surface area contributed by atoms with Crippen molar-refractivity contribution in [1.82, 2.24) is 14.8 Å². The fourth-order valence-corrected chi connectivity index (χ4v) is 1.51. The molecule has 1 aromatic carbocycles. The van der Waals surface area contributed by atoms with Gasteiger partial charge in [0.1, 0.15) is 11.6 Å². The molecule has 0 atom stereocenters. The monoisotopic (exact) mass is 222 g/mol. The lowest BCUT2D eigenvalue weighted by Gasteiger charge is -2.05. The first-order valence-corrected chi connectivity index (χ1v) is 4.85. The molecule has 5 nitrogen and oxygen atoms in total. The first-order chi connectivity index (χ1) is 7.74. The Morgan fingerprint density at radius 2 is 2.19 bits per heavy atom. The van der Waals surface area contributed by atoms with Crippen LogP contribution in [0.3, 0.4) is 0 Å². The van der Waals surface area contributed by atoms with Gasteiger partial charge in [-0.2, -0.15) is 5.10 Å². The average molecular weight is 222 g/mol. The van der Waals surface area contributed by atoms with Gasteiger partial charge in [-0.25, -0.2) is 18.9 Å². The van der Waals surface area contributed by atoms with Crippen LogP contribution in [0, 0.1) is 5.82 Å². The molecule has 84 valence electrons. The maximum absolute atomic E-state index is 13.5. The van der Waals surface area contributed by atoms with E-state index in [-0.39, 0.29) is 5.69 Å². The van der Waals surface area contributed by atoms with Crippen LogP contribution in [0.2, 0.25) is 0 Å². The van der Waals surface area contributed by atoms with Crippen molar-refractivity contribution in [2.75, 3.05) is 6.54 Å². The van der Waals surface area contributed by atoms with Crippen molar-refractivity contribution in [3.05, 3.63) is 46.4 Å². The van der Waals surface area contributed by atoms with E-state index >= 15 is 0 Å². The lowest BCUT2D eigenvalue weighted by atomic mass is 10.3. The second-order valence-corrected chi connectivity index (χ2v) is 3.27. The van der Waals surface area contributed by atoms with E-state index in [4.69, 9.17) is 5.73 Å². The molecule has 2 rings (SSSR count). The summed E-state index contributed by atoms with van der Waals surface area (Å²) in [6.07, 6.45) is 0.410. The Balaban J connectivity index is 2.59. The van der Waals surface area contributed by atoms with Crippen LogP contribution in [0.15, 0.2) is 29.1 Å². The van der Waals surface area contributed by atoms with Crippen molar-refractivity contribution in [2.24, 2.45) is 5.73 Å². The van der Waals surface area contributed by atoms with Gasteiger partial charge in [0.2, 0.25) is 0 Å². The highest BCUT2D eigenvalue weighted by molar-refractivity contribution is 5.34. The van der Waals surface area contributed by atoms with Crippen LogP contribution in [0.4, 0.5) is 4.39 Å². The summed E-state index contributed by atoms with van der Waals surface area (Å²) in [4.78, 5) is 11.5. The van der Waals surface area contributed by atoms with Crippen LogP contribution in [0.25, 0.3) is 5.69 Å². The molecule has 0 aliphatic carbocycles. The minimum absolute atomic E-state index is 0.185. The van der Waals surface area contributed by atoms with E-state index < -0.39 is 11.5 Å². The quantitative estimate of drug-likeness (QED) is 0.778. The van der Waals surface area contributed by atoms with Crippen molar-refractivity contribution in [1.29, 1.82) is 0 Å². The third-order valence-corrected chi connectivity index (χ3v) is 2.20. The van der Waals surface area contributed by atoms with E-state index in [0.717, 1.165) is 0 Å². The summed E-state index contributed by atoms with van der Waals surface area (Å²) >= 11 is 0. The number of hydrogen-bond acceptors (Lipinski definition) is 3. The average Bonchev–Trinajstić information content (AvgIpc) is 2.62. The van der Waals surface area contributed by atoms with Crippen LogP contribution >= 0.6 is 0 Å². The van der Waals surface area contributed by atoms with Crippen LogP contribution in [0.5, 0.6) is 0 Å². The first-order valence-electron chi connectivity index (χ1n) is 4.85. The van der Waals surface area contributed by atoms with E-state index in [0.29, 0.717) is 18.8 Å². The Bertz CT molecular complexity index is 546. The lowest BCUT2D eigenvalue weighted by Crippen LogP contribution is -2.19. The number of nitrogens with two attached hydrogens (primary N) is 1. The summed E-state index contributed by atoms with van der Waals surface area (Å²) in [5.74, 6) is -0.0399. The predicted molar refractivity (Wildman–Crippen MR) is 56.9 cm³/mol. The molecule has 16 heavy (non-hydrogen) atoms. The molecule has 0 aliphatic heterocycles. The van der Waals surface area contributed by atoms with Gasteiger partial charge in [-0.3, -0.25) is 0 Å². The number of nitrogens with one attached hydrogen (secondary N) is 1. The predicted octanol–water partition coefficient (Wildman–Crippen LogP) is 0.201. The summed E-state index contributed by atoms with van der Waals surface area (Å²) in [7, 11) is 0. The molecule has 0 amide bonds. The van der Waals surface area contributed by atoms with E-state index in [2.05, 4.69) is 10.2 Å². The van der Waals surface area contributed by atoms with Crippen molar-refractivity contribution in [2.45, 2.75) is 6.42 Å². The molecule has 1 aromatic heterocycles. The highest BCUT2D eigenvalue weighted by Crippen LogP contribution is 2.11. The van der Waals surface area contributed by atoms with Crippen molar-refractivity contribution in [3.8, 4) is 5.69 Å². The molecule has 0 radical (unpaired) electrons. The maximum Gasteiger partial charge on any atom is 0.348 e. The van der Waals surface area contributed by atoms with E-state index in [9.17, 15) is 9.18 Å². The molecule has 6 heteroatoms. The van der Waals surface area contributed by atoms with Gasteiger partial charge < -0.3 is 5.73 Å². The zero-order valence-electron chi connectivity index (χ0n) is 8.48. The molecule has 3 N–H and O–H groups in total. The third-order valence-electron chi connectivity index (χ3n) is 2.20. The molecule has 0 unspecified atom stereocenters. The smallest absolute Gasteiger partial charge is 0.330 e. The maximum atomic E-state index is 13.5. The van der Waals surface area contributed by atoms with Gasteiger partial charge in [0.05, 0.1) is 5.69 Å². The van der Waals surface area contributed by atoms with Crippen molar-refractivity contribution >= 4 is 0 Å². The fraction of sp³-hybridized carbons (Fsp3) is 0.200.